The molecule has 0 saturated carbocycles. The van der Waals surface area contributed by atoms with Crippen molar-refractivity contribution >= 4 is 29.1 Å². The van der Waals surface area contributed by atoms with Crippen LogP contribution in [-0.2, 0) is 16.9 Å². The third-order valence-electron chi connectivity index (χ3n) is 5.12. The summed E-state index contributed by atoms with van der Waals surface area (Å²) in [4.78, 5) is 13.1. The summed E-state index contributed by atoms with van der Waals surface area (Å²) >= 11 is 0. The smallest absolute Gasteiger partial charge is 0.248 e. The van der Waals surface area contributed by atoms with Crippen LogP contribution in [0.3, 0.4) is 0 Å². The molecule has 3 aromatic rings. The Morgan fingerprint density at radius 3 is 2.65 bits per heavy atom. The number of nitrogens with zero attached hydrogens (tertiary/aromatic N) is 2. The average molecular weight is 371 g/mol. The molecule has 0 unspecified atom stereocenters. The number of rotatable bonds is 4. The standard InChI is InChI=1S/C20H22N4O.ClH/c25-19(20(9-12-21-13-10-20)24-14-4-11-23-24)22-15-17-7-3-6-16-5-1-2-8-18(16)17;/h1-8,11,14,21H,9-10,12-13,15H2,(H,22,25);1H. The number of carbonyl (C=O) groups is 1. The topological polar surface area (TPSA) is 59.0 Å². The molecule has 1 aliphatic rings. The molecule has 2 aromatic carbocycles. The maximum atomic E-state index is 13.1. The third kappa shape index (κ3) is 3.32. The Kier molecular flexibility index (Phi) is 5.59. The summed E-state index contributed by atoms with van der Waals surface area (Å²) in [7, 11) is 0. The van der Waals surface area contributed by atoms with Gasteiger partial charge in [-0.05, 0) is 48.3 Å². The summed E-state index contributed by atoms with van der Waals surface area (Å²) in [6, 6.07) is 16.4. The number of nitrogens with one attached hydrogen (secondary N) is 2. The van der Waals surface area contributed by atoms with Crippen molar-refractivity contribution in [1.29, 1.82) is 0 Å². The van der Waals surface area contributed by atoms with Gasteiger partial charge in [-0.15, -0.1) is 12.4 Å². The molecule has 4 rings (SSSR count). The Morgan fingerprint density at radius 2 is 1.88 bits per heavy atom. The minimum Gasteiger partial charge on any atom is -0.350 e. The molecule has 26 heavy (non-hydrogen) atoms. The van der Waals surface area contributed by atoms with Gasteiger partial charge >= 0.3 is 0 Å². The molecule has 1 fully saturated rings. The summed E-state index contributed by atoms with van der Waals surface area (Å²) in [6.07, 6.45) is 5.12. The monoisotopic (exact) mass is 370 g/mol. The van der Waals surface area contributed by atoms with E-state index in [1.165, 1.54) is 10.8 Å². The van der Waals surface area contributed by atoms with Gasteiger partial charge in [0.1, 0.15) is 5.54 Å². The first-order valence-corrected chi connectivity index (χ1v) is 8.75. The highest BCUT2D eigenvalue weighted by Crippen LogP contribution is 2.27. The van der Waals surface area contributed by atoms with E-state index in [4.69, 9.17) is 0 Å². The van der Waals surface area contributed by atoms with Gasteiger partial charge < -0.3 is 10.6 Å². The number of hydrogen-bond acceptors (Lipinski definition) is 3. The zero-order valence-corrected chi connectivity index (χ0v) is 15.3. The molecule has 0 bridgehead atoms. The van der Waals surface area contributed by atoms with E-state index in [0.29, 0.717) is 6.54 Å². The van der Waals surface area contributed by atoms with E-state index in [-0.39, 0.29) is 18.3 Å². The fraction of sp³-hybridized carbons (Fsp3) is 0.300. The van der Waals surface area contributed by atoms with E-state index in [0.717, 1.165) is 31.5 Å². The quantitative estimate of drug-likeness (QED) is 0.742. The highest BCUT2D eigenvalue weighted by Gasteiger charge is 2.41. The van der Waals surface area contributed by atoms with Crippen molar-refractivity contribution in [3.05, 3.63) is 66.5 Å². The molecule has 0 radical (unpaired) electrons. The van der Waals surface area contributed by atoms with E-state index in [9.17, 15) is 4.79 Å². The second kappa shape index (κ2) is 7.89. The highest BCUT2D eigenvalue weighted by atomic mass is 35.5. The lowest BCUT2D eigenvalue weighted by Crippen LogP contribution is -2.54. The van der Waals surface area contributed by atoms with Gasteiger partial charge in [-0.25, -0.2) is 0 Å². The number of hydrogen-bond donors (Lipinski definition) is 2. The number of piperidine rings is 1. The van der Waals surface area contributed by atoms with Crippen LogP contribution in [0.5, 0.6) is 0 Å². The van der Waals surface area contributed by atoms with Crippen molar-refractivity contribution in [3.63, 3.8) is 0 Å². The first-order chi connectivity index (χ1) is 12.3. The van der Waals surface area contributed by atoms with Gasteiger partial charge in [0, 0.05) is 18.9 Å². The highest BCUT2D eigenvalue weighted by molar-refractivity contribution is 5.87. The maximum absolute atomic E-state index is 13.1. The molecule has 1 saturated heterocycles. The van der Waals surface area contributed by atoms with Gasteiger partial charge in [0.25, 0.3) is 0 Å². The summed E-state index contributed by atoms with van der Waals surface area (Å²) in [5, 5.41) is 13.2. The van der Waals surface area contributed by atoms with Crippen LogP contribution in [0.25, 0.3) is 10.8 Å². The number of amides is 1. The normalized spacial score (nSPS) is 16.0. The van der Waals surface area contributed by atoms with Gasteiger partial charge in [-0.3, -0.25) is 9.48 Å². The van der Waals surface area contributed by atoms with Crippen LogP contribution >= 0.6 is 12.4 Å². The van der Waals surface area contributed by atoms with E-state index in [2.05, 4.69) is 40.0 Å². The molecule has 1 aromatic heterocycles. The average Bonchev–Trinajstić information content (AvgIpc) is 3.22. The van der Waals surface area contributed by atoms with Crippen molar-refractivity contribution in [2.24, 2.45) is 0 Å². The number of fused-ring (bicyclic) bond motifs is 1. The summed E-state index contributed by atoms with van der Waals surface area (Å²) in [5.41, 5.74) is 0.537. The van der Waals surface area contributed by atoms with Gasteiger partial charge in [0.05, 0.1) is 0 Å². The van der Waals surface area contributed by atoms with Crippen LogP contribution in [-0.4, -0.2) is 28.8 Å². The van der Waals surface area contributed by atoms with Gasteiger partial charge in [-0.2, -0.15) is 5.10 Å². The van der Waals surface area contributed by atoms with Crippen LogP contribution in [0.4, 0.5) is 0 Å². The van der Waals surface area contributed by atoms with E-state index in [1.54, 1.807) is 6.20 Å². The molecule has 2 heterocycles. The Balaban J connectivity index is 0.00000196. The molecule has 0 aliphatic carbocycles. The van der Waals surface area contributed by atoms with E-state index >= 15 is 0 Å². The molecular weight excluding hydrogens is 348 g/mol. The first-order valence-electron chi connectivity index (χ1n) is 8.75. The lowest BCUT2D eigenvalue weighted by Gasteiger charge is -2.36. The lowest BCUT2D eigenvalue weighted by atomic mass is 9.87. The maximum Gasteiger partial charge on any atom is 0.248 e. The van der Waals surface area contributed by atoms with Crippen molar-refractivity contribution < 1.29 is 4.79 Å². The fourth-order valence-corrected chi connectivity index (χ4v) is 3.71. The van der Waals surface area contributed by atoms with E-state index < -0.39 is 5.54 Å². The summed E-state index contributed by atoms with van der Waals surface area (Å²) in [5.74, 6) is 0.0469. The lowest BCUT2D eigenvalue weighted by molar-refractivity contribution is -0.132. The van der Waals surface area contributed by atoms with E-state index in [1.807, 2.05) is 35.1 Å². The molecule has 136 valence electrons. The summed E-state index contributed by atoms with van der Waals surface area (Å²) < 4.78 is 1.83. The first kappa shape index (κ1) is 18.4. The zero-order chi connectivity index (χ0) is 17.1. The second-order valence-electron chi connectivity index (χ2n) is 6.55. The largest absolute Gasteiger partial charge is 0.350 e. The predicted octanol–water partition coefficient (Wildman–Crippen LogP) is 2.85. The third-order valence-corrected chi connectivity index (χ3v) is 5.12. The number of aromatic nitrogens is 2. The van der Waals surface area contributed by atoms with Crippen molar-refractivity contribution in [2.45, 2.75) is 24.9 Å². The molecular formula is C20H23ClN4O. The molecule has 6 heteroatoms. The zero-order valence-electron chi connectivity index (χ0n) is 14.5. The molecule has 0 atom stereocenters. The van der Waals surface area contributed by atoms with Crippen LogP contribution < -0.4 is 10.6 Å². The molecule has 5 nitrogen and oxygen atoms in total. The van der Waals surface area contributed by atoms with Crippen molar-refractivity contribution in [1.82, 2.24) is 20.4 Å². The van der Waals surface area contributed by atoms with Crippen molar-refractivity contribution in [2.75, 3.05) is 13.1 Å². The Bertz CT molecular complexity index is 867. The molecule has 1 amide bonds. The van der Waals surface area contributed by atoms with Gasteiger partial charge in [0.15, 0.2) is 0 Å². The minimum atomic E-state index is -0.598. The number of benzene rings is 2. The van der Waals surface area contributed by atoms with Gasteiger partial charge in [-0.1, -0.05) is 42.5 Å². The molecule has 2 N–H and O–H groups in total. The van der Waals surface area contributed by atoms with Crippen molar-refractivity contribution in [3.8, 4) is 0 Å². The van der Waals surface area contributed by atoms with Crippen LogP contribution in [0.2, 0.25) is 0 Å². The minimum absolute atomic E-state index is 0. The Hall–Kier alpha value is -2.37. The van der Waals surface area contributed by atoms with Gasteiger partial charge in [0.2, 0.25) is 5.91 Å². The summed E-state index contributed by atoms with van der Waals surface area (Å²) in [6.45, 7) is 2.17. The van der Waals surface area contributed by atoms with Crippen LogP contribution in [0, 0.1) is 0 Å². The Morgan fingerprint density at radius 1 is 1.12 bits per heavy atom. The fourth-order valence-electron chi connectivity index (χ4n) is 3.71. The Labute approximate surface area is 159 Å². The van der Waals surface area contributed by atoms with Crippen LogP contribution in [0.15, 0.2) is 60.9 Å². The second-order valence-corrected chi connectivity index (χ2v) is 6.55. The molecule has 0 spiro atoms. The molecule has 1 aliphatic heterocycles. The van der Waals surface area contributed by atoms with Crippen LogP contribution in [0.1, 0.15) is 18.4 Å². The number of halogens is 1. The number of carbonyl (C=O) groups excluding carboxylic acids is 1. The predicted molar refractivity (Wildman–Crippen MR) is 105 cm³/mol. The SMILES string of the molecule is Cl.O=C(NCc1cccc2ccccc12)C1(n2cccn2)CCNCC1.